The molecule has 0 radical (unpaired) electrons. The lowest BCUT2D eigenvalue weighted by atomic mass is 9.95. The Morgan fingerprint density at radius 2 is 0.984 bits per heavy atom. The van der Waals surface area contributed by atoms with Gasteiger partial charge in [-0.25, -0.2) is 9.97 Å². The van der Waals surface area contributed by atoms with Gasteiger partial charge >= 0.3 is 12.4 Å². The average Bonchev–Trinajstić information content (AvgIpc) is 3.27. The van der Waals surface area contributed by atoms with E-state index in [0.717, 1.165) is 43.2 Å². The Hall–Kier alpha value is -5.75. The molecule has 7 rings (SSSR count). The summed E-state index contributed by atoms with van der Waals surface area (Å²) in [6.07, 6.45) is -3.87. The minimum Gasteiger partial charge on any atom is -0.378 e. The zero-order valence-electron chi connectivity index (χ0n) is 32.6. The van der Waals surface area contributed by atoms with Crippen molar-refractivity contribution in [1.29, 1.82) is 0 Å². The molecule has 61 heavy (non-hydrogen) atoms. The molecular weight excluding hydrogens is 832 g/mol. The molecule has 12 nitrogen and oxygen atoms in total. The number of piperidine rings is 2. The minimum absolute atomic E-state index is 0.127. The monoisotopic (exact) mass is 873 g/mol. The highest BCUT2D eigenvalue weighted by atomic mass is 35.5. The summed E-state index contributed by atoms with van der Waals surface area (Å²) >= 11 is 5.71. The standard InChI is InChI=1S/C23H25F3N4O3.C19H17ClF3N3O2/c24-23(25,26)18-3-1-17(2-4-18)22(32)30-9-7-16(8-10-30)21(31)28-19-5-6-20(27-15-19)29-11-13-33-14-12-29;20-16-6-5-15(11-24-16)25-17(27)12-7-9-26(10-8-12)18(28)13-1-3-14(4-2-13)19(21,22)23/h1-6,15-16H,7-14H2,(H,28,31);1-6,11-12H,7-10H2,(H,25,27). The van der Waals surface area contributed by atoms with Gasteiger partial charge in [-0.3, -0.25) is 19.2 Å². The average molecular weight is 874 g/mol. The van der Waals surface area contributed by atoms with Gasteiger partial charge in [0.2, 0.25) is 11.8 Å². The molecular formula is C42H42ClF6N7O5. The predicted octanol–water partition coefficient (Wildman–Crippen LogP) is 7.67. The number of nitrogens with one attached hydrogen (secondary N) is 2. The quantitative estimate of drug-likeness (QED) is 0.143. The number of aromatic nitrogens is 2. The molecule has 0 saturated carbocycles. The highest BCUT2D eigenvalue weighted by molar-refractivity contribution is 6.29. The summed E-state index contributed by atoms with van der Waals surface area (Å²) in [5.74, 6) is -0.623. The zero-order valence-corrected chi connectivity index (χ0v) is 33.4. The van der Waals surface area contributed by atoms with E-state index in [1.165, 1.54) is 30.5 Å². The first-order valence-electron chi connectivity index (χ1n) is 19.5. The number of halogens is 7. The number of amides is 4. The summed E-state index contributed by atoms with van der Waals surface area (Å²) in [5.41, 5.74) is -0.0311. The molecule has 2 aromatic heterocycles. The van der Waals surface area contributed by atoms with Crippen molar-refractivity contribution in [1.82, 2.24) is 19.8 Å². The first kappa shape index (κ1) is 44.8. The van der Waals surface area contributed by atoms with Gasteiger partial charge in [0.1, 0.15) is 11.0 Å². The lowest BCUT2D eigenvalue weighted by Gasteiger charge is -2.31. The molecule has 0 aliphatic carbocycles. The molecule has 3 aliphatic rings. The SMILES string of the molecule is O=C(Nc1ccc(Cl)nc1)C1CCN(C(=O)c2ccc(C(F)(F)F)cc2)CC1.O=C(Nc1ccc(N2CCOCC2)nc1)C1CCN(C(=O)c2ccc(C(F)(F)F)cc2)CC1. The van der Waals surface area contributed by atoms with Crippen LogP contribution in [0, 0.1) is 11.8 Å². The molecule has 3 fully saturated rings. The first-order valence-corrected chi connectivity index (χ1v) is 19.9. The highest BCUT2D eigenvalue weighted by Gasteiger charge is 2.33. The maximum atomic E-state index is 12.7. The summed E-state index contributed by atoms with van der Waals surface area (Å²) in [6, 6.07) is 15.3. The molecule has 0 atom stereocenters. The van der Waals surface area contributed by atoms with Crippen molar-refractivity contribution in [2.24, 2.45) is 11.8 Å². The van der Waals surface area contributed by atoms with Gasteiger partial charge in [0.15, 0.2) is 0 Å². The number of anilines is 3. The number of ether oxygens (including phenoxy) is 1. The van der Waals surface area contributed by atoms with Gasteiger partial charge in [-0.15, -0.1) is 0 Å². The van der Waals surface area contributed by atoms with Crippen molar-refractivity contribution in [3.63, 3.8) is 0 Å². The Morgan fingerprint density at radius 1 is 0.574 bits per heavy atom. The van der Waals surface area contributed by atoms with E-state index in [1.54, 1.807) is 28.1 Å². The van der Waals surface area contributed by atoms with E-state index in [1.807, 2.05) is 12.1 Å². The number of hydrogen-bond acceptors (Lipinski definition) is 8. The number of benzene rings is 2. The van der Waals surface area contributed by atoms with E-state index >= 15 is 0 Å². The third-order valence-corrected chi connectivity index (χ3v) is 10.8. The minimum atomic E-state index is -4.44. The summed E-state index contributed by atoms with van der Waals surface area (Å²) in [6.45, 7) is 4.34. The molecule has 3 saturated heterocycles. The molecule has 324 valence electrons. The molecule has 2 N–H and O–H groups in total. The van der Waals surface area contributed by atoms with Gasteiger partial charge in [0.05, 0.1) is 48.1 Å². The van der Waals surface area contributed by atoms with E-state index in [2.05, 4.69) is 25.5 Å². The van der Waals surface area contributed by atoms with Crippen molar-refractivity contribution in [3.05, 3.63) is 113 Å². The number of rotatable bonds is 7. The van der Waals surface area contributed by atoms with Gasteiger partial charge in [-0.1, -0.05) is 11.6 Å². The van der Waals surface area contributed by atoms with E-state index in [9.17, 15) is 45.5 Å². The molecule has 4 aromatic rings. The number of likely N-dealkylation sites (tertiary alicyclic amines) is 2. The fraction of sp³-hybridized carbons (Fsp3) is 0.381. The highest BCUT2D eigenvalue weighted by Crippen LogP contribution is 2.31. The number of alkyl halides is 6. The molecule has 0 spiro atoms. The van der Waals surface area contributed by atoms with Crippen LogP contribution in [0.5, 0.6) is 0 Å². The largest absolute Gasteiger partial charge is 0.416 e. The third kappa shape index (κ3) is 12.2. The molecule has 0 bridgehead atoms. The topological polar surface area (TPSA) is 137 Å². The second kappa shape index (κ2) is 19.8. The van der Waals surface area contributed by atoms with Crippen molar-refractivity contribution < 1.29 is 50.3 Å². The summed E-state index contributed by atoms with van der Waals surface area (Å²) in [7, 11) is 0. The molecule has 3 aliphatic heterocycles. The van der Waals surface area contributed by atoms with Crippen LogP contribution < -0.4 is 15.5 Å². The maximum Gasteiger partial charge on any atom is 0.416 e. The molecule has 5 heterocycles. The molecule has 2 aromatic carbocycles. The number of pyridine rings is 2. The Kier molecular flexibility index (Phi) is 14.5. The fourth-order valence-corrected chi connectivity index (χ4v) is 7.15. The van der Waals surface area contributed by atoms with Crippen LogP contribution in [0.1, 0.15) is 57.5 Å². The Labute approximate surface area is 352 Å². The van der Waals surface area contributed by atoms with E-state index in [-0.39, 0.29) is 46.6 Å². The normalized spacial score (nSPS) is 16.6. The van der Waals surface area contributed by atoms with Gasteiger partial charge in [-0.05, 0) is 98.5 Å². The maximum absolute atomic E-state index is 12.7. The second-order valence-electron chi connectivity index (χ2n) is 14.6. The fourth-order valence-electron chi connectivity index (χ4n) is 7.04. The van der Waals surface area contributed by atoms with Crippen LogP contribution in [-0.2, 0) is 26.7 Å². The third-order valence-electron chi connectivity index (χ3n) is 10.6. The smallest absolute Gasteiger partial charge is 0.378 e. The number of hydrogen-bond donors (Lipinski definition) is 2. The first-order chi connectivity index (χ1) is 29.0. The molecule has 19 heteroatoms. The Balaban J connectivity index is 0.000000207. The number of carbonyl (C=O) groups excluding carboxylic acids is 4. The summed E-state index contributed by atoms with van der Waals surface area (Å²) in [5, 5.41) is 5.98. The van der Waals surface area contributed by atoms with Gasteiger partial charge < -0.3 is 30.1 Å². The predicted molar refractivity (Wildman–Crippen MR) is 214 cm³/mol. The van der Waals surface area contributed by atoms with Crippen LogP contribution in [0.2, 0.25) is 5.15 Å². The Bertz CT molecular complexity index is 2120. The zero-order chi connectivity index (χ0) is 43.7. The van der Waals surface area contributed by atoms with E-state index < -0.39 is 23.5 Å². The Morgan fingerprint density at radius 3 is 1.34 bits per heavy atom. The number of morpholine rings is 1. The van der Waals surface area contributed by atoms with E-state index in [4.69, 9.17) is 16.3 Å². The molecule has 0 unspecified atom stereocenters. The van der Waals surface area contributed by atoms with Gasteiger partial charge in [0.25, 0.3) is 11.8 Å². The van der Waals surface area contributed by atoms with Crippen LogP contribution in [-0.4, -0.2) is 95.9 Å². The van der Waals surface area contributed by atoms with Crippen molar-refractivity contribution in [3.8, 4) is 0 Å². The van der Waals surface area contributed by atoms with Crippen molar-refractivity contribution in [2.75, 3.05) is 68.0 Å². The van der Waals surface area contributed by atoms with Crippen LogP contribution >= 0.6 is 11.6 Å². The van der Waals surface area contributed by atoms with Crippen LogP contribution in [0.25, 0.3) is 0 Å². The van der Waals surface area contributed by atoms with Crippen LogP contribution in [0.15, 0.2) is 85.2 Å². The number of carbonyl (C=O) groups is 4. The summed E-state index contributed by atoms with van der Waals surface area (Å²) < 4.78 is 81.4. The van der Waals surface area contributed by atoms with Gasteiger partial charge in [0, 0.05) is 62.2 Å². The lowest BCUT2D eigenvalue weighted by Crippen LogP contribution is -2.41. The number of nitrogens with zero attached hydrogens (tertiary/aromatic N) is 5. The van der Waals surface area contributed by atoms with Crippen molar-refractivity contribution in [2.45, 2.75) is 38.0 Å². The van der Waals surface area contributed by atoms with Crippen LogP contribution in [0.3, 0.4) is 0 Å². The van der Waals surface area contributed by atoms with Gasteiger partial charge in [-0.2, -0.15) is 26.3 Å². The molecule has 4 amide bonds. The second-order valence-corrected chi connectivity index (χ2v) is 15.0. The van der Waals surface area contributed by atoms with Crippen molar-refractivity contribution >= 4 is 52.4 Å². The van der Waals surface area contributed by atoms with E-state index in [0.29, 0.717) is 81.6 Å². The summed E-state index contributed by atoms with van der Waals surface area (Å²) in [4.78, 5) is 63.7. The van der Waals surface area contributed by atoms with Crippen LogP contribution in [0.4, 0.5) is 43.5 Å². The lowest BCUT2D eigenvalue weighted by molar-refractivity contribution is -0.138.